The first-order valence-electron chi connectivity index (χ1n) is 5.94. The summed E-state index contributed by atoms with van der Waals surface area (Å²) in [6.45, 7) is 4.85. The van der Waals surface area contributed by atoms with Crippen molar-refractivity contribution >= 4 is 21.8 Å². The molecule has 0 saturated carbocycles. The number of aromatic carboxylic acids is 1. The van der Waals surface area contributed by atoms with E-state index in [1.165, 1.54) is 0 Å². The summed E-state index contributed by atoms with van der Waals surface area (Å²) in [4.78, 5) is 29.7. The number of carboxylic acids is 1. The molecule has 0 aromatic carbocycles. The highest BCUT2D eigenvalue weighted by atomic mass is 32.2. The molecule has 0 aliphatic rings. The first-order chi connectivity index (χ1) is 9.50. The van der Waals surface area contributed by atoms with Gasteiger partial charge in [-0.3, -0.25) is 4.79 Å². The summed E-state index contributed by atoms with van der Waals surface area (Å²) >= 11 is 0. The molecule has 21 heavy (non-hydrogen) atoms. The van der Waals surface area contributed by atoms with Crippen LogP contribution in [0.2, 0.25) is 0 Å². The summed E-state index contributed by atoms with van der Waals surface area (Å²) in [6, 6.07) is 0. The minimum absolute atomic E-state index is 0.166. The molecule has 0 unspecified atom stereocenters. The number of aromatic nitrogens is 2. The summed E-state index contributed by atoms with van der Waals surface area (Å²) in [5, 5.41) is 8.93. The Morgan fingerprint density at radius 3 is 2.48 bits per heavy atom. The predicted octanol–water partition coefficient (Wildman–Crippen LogP) is 0.431. The van der Waals surface area contributed by atoms with Crippen molar-refractivity contribution in [3.8, 4) is 0 Å². The van der Waals surface area contributed by atoms with E-state index in [0.717, 1.165) is 12.5 Å². The van der Waals surface area contributed by atoms with Gasteiger partial charge >= 0.3 is 11.9 Å². The molecule has 0 saturated heterocycles. The van der Waals surface area contributed by atoms with Crippen LogP contribution in [0.4, 0.5) is 0 Å². The molecular formula is C12H16N2O6S. The topological polar surface area (TPSA) is 124 Å². The van der Waals surface area contributed by atoms with Crippen LogP contribution < -0.4 is 0 Å². The normalized spacial score (nSPS) is 12.0. The van der Waals surface area contributed by atoms with Crippen LogP contribution in [0.5, 0.6) is 0 Å². The molecule has 116 valence electrons. The van der Waals surface area contributed by atoms with E-state index < -0.39 is 38.9 Å². The van der Waals surface area contributed by atoms with Crippen molar-refractivity contribution < 1.29 is 27.9 Å². The van der Waals surface area contributed by atoms with Gasteiger partial charge in [0, 0.05) is 6.20 Å². The first kappa shape index (κ1) is 17.0. The van der Waals surface area contributed by atoms with Gasteiger partial charge in [0.2, 0.25) is 0 Å². The van der Waals surface area contributed by atoms with Crippen molar-refractivity contribution in [1.29, 1.82) is 0 Å². The standard InChI is InChI=1S/C12H16N2O6S/c1-12(2,3)20-10(15)6-21(18,19)5-9-8(11(16)17)4-13-7-14-9/h4,7H,5-6H2,1-3H3,(H,16,17). The Hall–Kier alpha value is -2.03. The lowest BCUT2D eigenvalue weighted by Gasteiger charge is -2.19. The zero-order chi connectivity index (χ0) is 16.3. The fourth-order valence-corrected chi connectivity index (χ4v) is 2.63. The van der Waals surface area contributed by atoms with E-state index in [9.17, 15) is 18.0 Å². The Bertz CT molecular complexity index is 648. The number of carboxylic acid groups (broad SMARTS) is 1. The number of ether oxygens (including phenoxy) is 1. The molecule has 0 aliphatic heterocycles. The molecule has 1 N–H and O–H groups in total. The van der Waals surface area contributed by atoms with Gasteiger partial charge in [-0.25, -0.2) is 23.2 Å². The molecule has 0 bridgehead atoms. The maximum absolute atomic E-state index is 11.9. The van der Waals surface area contributed by atoms with Crippen molar-refractivity contribution in [1.82, 2.24) is 9.97 Å². The van der Waals surface area contributed by atoms with Crippen molar-refractivity contribution in [3.05, 3.63) is 23.8 Å². The summed E-state index contributed by atoms with van der Waals surface area (Å²) in [5.74, 6) is -3.74. The van der Waals surface area contributed by atoms with Crippen LogP contribution in [0.15, 0.2) is 12.5 Å². The smallest absolute Gasteiger partial charge is 0.339 e. The lowest BCUT2D eigenvalue weighted by atomic mass is 10.2. The highest BCUT2D eigenvalue weighted by Gasteiger charge is 2.25. The summed E-state index contributed by atoms with van der Waals surface area (Å²) in [5.41, 5.74) is -1.28. The van der Waals surface area contributed by atoms with Crippen LogP contribution in [-0.4, -0.2) is 46.8 Å². The molecule has 1 rings (SSSR count). The minimum atomic E-state index is -3.89. The van der Waals surface area contributed by atoms with Crippen LogP contribution >= 0.6 is 0 Å². The number of carbonyl (C=O) groups is 2. The van der Waals surface area contributed by atoms with Gasteiger partial charge in [0.15, 0.2) is 9.84 Å². The van der Waals surface area contributed by atoms with Gasteiger partial charge in [-0.1, -0.05) is 0 Å². The van der Waals surface area contributed by atoms with Crippen LogP contribution in [0, 0.1) is 0 Å². The number of rotatable bonds is 5. The van der Waals surface area contributed by atoms with Crippen LogP contribution in [0.1, 0.15) is 36.8 Å². The van der Waals surface area contributed by atoms with Gasteiger partial charge in [-0.2, -0.15) is 0 Å². The van der Waals surface area contributed by atoms with E-state index in [0.29, 0.717) is 0 Å². The minimum Gasteiger partial charge on any atom is -0.478 e. The Kier molecular flexibility index (Phi) is 5.00. The van der Waals surface area contributed by atoms with E-state index >= 15 is 0 Å². The third kappa shape index (κ3) is 5.86. The fraction of sp³-hybridized carbons (Fsp3) is 0.500. The van der Waals surface area contributed by atoms with Crippen molar-refractivity contribution in [3.63, 3.8) is 0 Å². The Morgan fingerprint density at radius 1 is 1.33 bits per heavy atom. The number of esters is 1. The molecule has 1 heterocycles. The molecule has 0 radical (unpaired) electrons. The predicted molar refractivity (Wildman–Crippen MR) is 72.3 cm³/mol. The molecule has 8 nitrogen and oxygen atoms in total. The average Bonchev–Trinajstić information content (AvgIpc) is 2.24. The first-order valence-corrected chi connectivity index (χ1v) is 7.77. The molecule has 1 aromatic heterocycles. The molecule has 0 aliphatic carbocycles. The lowest BCUT2D eigenvalue weighted by Crippen LogP contribution is -2.29. The van der Waals surface area contributed by atoms with Gasteiger partial charge in [0.1, 0.15) is 23.2 Å². The SMILES string of the molecule is CC(C)(C)OC(=O)CS(=O)(=O)Cc1ncncc1C(=O)O. The van der Waals surface area contributed by atoms with E-state index in [2.05, 4.69) is 9.97 Å². The second-order valence-electron chi connectivity index (χ2n) is 5.31. The highest BCUT2D eigenvalue weighted by molar-refractivity contribution is 7.91. The zero-order valence-corrected chi connectivity index (χ0v) is 12.7. The molecular weight excluding hydrogens is 300 g/mol. The summed E-state index contributed by atoms with van der Waals surface area (Å²) in [6.07, 6.45) is 2.05. The molecule has 1 aromatic rings. The second-order valence-corrected chi connectivity index (χ2v) is 7.37. The molecule has 9 heteroatoms. The Labute approximate surface area is 122 Å². The van der Waals surface area contributed by atoms with E-state index in [1.807, 2.05) is 0 Å². The lowest BCUT2D eigenvalue weighted by molar-refractivity contribution is -0.151. The van der Waals surface area contributed by atoms with Gasteiger partial charge in [0.05, 0.1) is 11.4 Å². The van der Waals surface area contributed by atoms with Crippen LogP contribution in [-0.2, 0) is 25.1 Å². The van der Waals surface area contributed by atoms with E-state index in [-0.39, 0.29) is 11.3 Å². The average molecular weight is 316 g/mol. The van der Waals surface area contributed by atoms with Crippen molar-refractivity contribution in [2.45, 2.75) is 32.1 Å². The number of hydrogen-bond acceptors (Lipinski definition) is 7. The maximum Gasteiger partial charge on any atom is 0.339 e. The van der Waals surface area contributed by atoms with Crippen molar-refractivity contribution in [2.75, 3.05) is 5.75 Å². The van der Waals surface area contributed by atoms with Crippen molar-refractivity contribution in [2.24, 2.45) is 0 Å². The monoisotopic (exact) mass is 316 g/mol. The third-order valence-electron chi connectivity index (χ3n) is 2.14. The number of carbonyl (C=O) groups excluding carboxylic acids is 1. The molecule has 0 atom stereocenters. The third-order valence-corrected chi connectivity index (χ3v) is 3.53. The van der Waals surface area contributed by atoms with Crippen LogP contribution in [0.25, 0.3) is 0 Å². The zero-order valence-electron chi connectivity index (χ0n) is 11.9. The van der Waals surface area contributed by atoms with E-state index in [4.69, 9.17) is 9.84 Å². The summed E-state index contributed by atoms with van der Waals surface area (Å²) in [7, 11) is -3.89. The number of sulfone groups is 1. The van der Waals surface area contributed by atoms with Gasteiger partial charge in [-0.15, -0.1) is 0 Å². The Morgan fingerprint density at radius 2 is 1.95 bits per heavy atom. The second kappa shape index (κ2) is 6.17. The van der Waals surface area contributed by atoms with Gasteiger partial charge in [0.25, 0.3) is 0 Å². The Balaban J connectivity index is 2.87. The van der Waals surface area contributed by atoms with Gasteiger partial charge in [-0.05, 0) is 20.8 Å². The summed E-state index contributed by atoms with van der Waals surface area (Å²) < 4.78 is 28.8. The van der Waals surface area contributed by atoms with Gasteiger partial charge < -0.3 is 9.84 Å². The highest BCUT2D eigenvalue weighted by Crippen LogP contribution is 2.12. The largest absolute Gasteiger partial charge is 0.478 e. The maximum atomic E-state index is 11.9. The fourth-order valence-electron chi connectivity index (χ4n) is 1.46. The molecule has 0 fully saturated rings. The van der Waals surface area contributed by atoms with E-state index in [1.54, 1.807) is 20.8 Å². The molecule has 0 amide bonds. The number of hydrogen-bond donors (Lipinski definition) is 1. The number of nitrogens with zero attached hydrogens (tertiary/aromatic N) is 2. The van der Waals surface area contributed by atoms with Crippen LogP contribution in [0.3, 0.4) is 0 Å². The molecule has 0 spiro atoms. The quantitative estimate of drug-likeness (QED) is 0.776.